The molecule has 0 N–H and O–H groups in total. The van der Waals surface area contributed by atoms with Crippen LogP contribution in [0.25, 0.3) is 33.0 Å². The third kappa shape index (κ3) is 12.9. The van der Waals surface area contributed by atoms with Crippen LogP contribution in [0.1, 0.15) is 228 Å². The Morgan fingerprint density at radius 1 is 0.279 bits per heavy atom. The molecular formula is C84H106N2. The van der Waals surface area contributed by atoms with Crippen molar-refractivity contribution in [3.63, 3.8) is 0 Å². The van der Waals surface area contributed by atoms with Gasteiger partial charge in [0.05, 0.1) is 0 Å². The van der Waals surface area contributed by atoms with Crippen molar-refractivity contribution in [3.05, 3.63) is 202 Å². The molecule has 2 aliphatic carbocycles. The highest BCUT2D eigenvalue weighted by atomic mass is 15.1. The van der Waals surface area contributed by atoms with Gasteiger partial charge < -0.3 is 9.80 Å². The first-order chi connectivity index (χ1) is 41.8. The second-order valence-electron chi connectivity index (χ2n) is 27.3. The van der Waals surface area contributed by atoms with Gasteiger partial charge in [0.25, 0.3) is 0 Å². The summed E-state index contributed by atoms with van der Waals surface area (Å²) in [5.41, 5.74) is 24.3. The summed E-state index contributed by atoms with van der Waals surface area (Å²) in [5, 5.41) is 2.82. The molecule has 8 aromatic rings. The van der Waals surface area contributed by atoms with E-state index in [-0.39, 0.29) is 10.8 Å². The molecule has 86 heavy (non-hydrogen) atoms. The van der Waals surface area contributed by atoms with Gasteiger partial charge >= 0.3 is 0 Å². The third-order valence-corrected chi connectivity index (χ3v) is 21.2. The number of unbranched alkanes of at least 4 members (excludes halogenated alkanes) is 4. The molecule has 0 amide bonds. The number of hydrogen-bond donors (Lipinski definition) is 0. The lowest BCUT2D eigenvalue weighted by atomic mass is 9.64. The molecule has 4 unspecified atom stereocenters. The van der Waals surface area contributed by atoms with E-state index in [0.29, 0.717) is 23.7 Å². The van der Waals surface area contributed by atoms with Gasteiger partial charge in [0.1, 0.15) is 0 Å². The highest BCUT2D eigenvalue weighted by Gasteiger charge is 2.48. The molecule has 0 saturated carbocycles. The third-order valence-electron chi connectivity index (χ3n) is 21.2. The summed E-state index contributed by atoms with van der Waals surface area (Å²) in [6.07, 6.45) is 24.8. The summed E-state index contributed by atoms with van der Waals surface area (Å²) in [6.45, 7) is 28.3. The molecule has 8 aromatic carbocycles. The van der Waals surface area contributed by atoms with Crippen molar-refractivity contribution >= 4 is 44.9 Å². The lowest BCUT2D eigenvalue weighted by Crippen LogP contribution is -2.32. The largest absolute Gasteiger partial charge is 0.310 e. The van der Waals surface area contributed by atoms with E-state index in [4.69, 9.17) is 0 Å². The van der Waals surface area contributed by atoms with Crippen LogP contribution in [0, 0.1) is 51.4 Å². The Morgan fingerprint density at radius 3 is 0.767 bits per heavy atom. The van der Waals surface area contributed by atoms with Crippen LogP contribution in [0.5, 0.6) is 0 Å². The van der Waals surface area contributed by atoms with Crippen molar-refractivity contribution in [2.45, 2.75) is 222 Å². The number of aryl methyl sites for hydroxylation is 4. The predicted molar refractivity (Wildman–Crippen MR) is 376 cm³/mol. The van der Waals surface area contributed by atoms with Gasteiger partial charge in [0.2, 0.25) is 0 Å². The molecule has 0 radical (unpaired) electrons. The van der Waals surface area contributed by atoms with Crippen molar-refractivity contribution in [1.82, 2.24) is 0 Å². The van der Waals surface area contributed by atoms with E-state index >= 15 is 0 Å². The normalized spacial score (nSPS) is 17.2. The zero-order valence-electron chi connectivity index (χ0n) is 55.4. The smallest absolute Gasteiger partial charge is 0.0465 e. The van der Waals surface area contributed by atoms with Crippen molar-refractivity contribution in [1.29, 1.82) is 0 Å². The molecule has 0 bridgehead atoms. The van der Waals surface area contributed by atoms with Crippen LogP contribution in [-0.2, 0) is 10.8 Å². The van der Waals surface area contributed by atoms with Gasteiger partial charge in [-0.15, -0.1) is 0 Å². The van der Waals surface area contributed by atoms with Crippen LogP contribution in [0.15, 0.2) is 158 Å². The van der Waals surface area contributed by atoms with Crippen molar-refractivity contribution < 1.29 is 0 Å². The van der Waals surface area contributed by atoms with Crippen LogP contribution in [0.4, 0.5) is 34.1 Å². The Kier molecular flexibility index (Phi) is 20.5. The molecule has 10 rings (SSSR count). The van der Waals surface area contributed by atoms with Gasteiger partial charge in [0.15, 0.2) is 0 Å². The number of benzene rings is 8. The molecule has 4 atom stereocenters. The summed E-state index contributed by atoms with van der Waals surface area (Å²) in [5.74, 6) is 2.51. The minimum Gasteiger partial charge on any atom is -0.310 e. The number of fused-ring (bicyclic) bond motifs is 7. The van der Waals surface area contributed by atoms with E-state index in [1.807, 2.05) is 0 Å². The minimum absolute atomic E-state index is 0.143. The second kappa shape index (κ2) is 28.2. The average Bonchev–Trinajstić information content (AvgIpc) is 1.55. The monoisotopic (exact) mass is 1140 g/mol. The molecule has 452 valence electrons. The average molecular weight is 1140 g/mol. The first-order valence-corrected chi connectivity index (χ1v) is 34.6. The first-order valence-electron chi connectivity index (χ1n) is 34.6. The summed E-state index contributed by atoms with van der Waals surface area (Å²) >= 11 is 0. The van der Waals surface area contributed by atoms with Crippen molar-refractivity contribution in [2.75, 3.05) is 9.80 Å². The van der Waals surface area contributed by atoms with E-state index in [0.717, 1.165) is 0 Å². The molecule has 0 spiro atoms. The fourth-order valence-electron chi connectivity index (χ4n) is 15.9. The topological polar surface area (TPSA) is 6.48 Å². The molecule has 0 aromatic heterocycles. The maximum absolute atomic E-state index is 2.78. The molecule has 2 heteroatoms. The maximum atomic E-state index is 2.78. The molecule has 0 heterocycles. The first kappa shape index (κ1) is 62.7. The van der Waals surface area contributed by atoms with Crippen molar-refractivity contribution in [3.8, 4) is 22.3 Å². The van der Waals surface area contributed by atoms with E-state index < -0.39 is 0 Å². The van der Waals surface area contributed by atoms with Crippen LogP contribution in [0.3, 0.4) is 0 Å². The number of hydrogen-bond acceptors (Lipinski definition) is 2. The predicted octanol–water partition coefficient (Wildman–Crippen LogP) is 26.0. The van der Waals surface area contributed by atoms with Gasteiger partial charge in [-0.1, -0.05) is 241 Å². The Bertz CT molecular complexity index is 3130. The Morgan fingerprint density at radius 2 is 0.523 bits per heavy atom. The minimum atomic E-state index is -0.143. The molecule has 2 nitrogen and oxygen atoms in total. The second-order valence-corrected chi connectivity index (χ2v) is 27.3. The van der Waals surface area contributed by atoms with E-state index in [9.17, 15) is 0 Å². The summed E-state index contributed by atoms with van der Waals surface area (Å²) in [6, 6.07) is 63.3. The van der Waals surface area contributed by atoms with Crippen LogP contribution < -0.4 is 9.80 Å². The molecule has 2 aliphatic rings. The van der Waals surface area contributed by atoms with E-state index in [2.05, 4.69) is 251 Å². The van der Waals surface area contributed by atoms with Gasteiger partial charge in [0, 0.05) is 45.0 Å². The van der Waals surface area contributed by atoms with Crippen LogP contribution in [0.2, 0.25) is 0 Å². The number of anilines is 6. The highest BCUT2D eigenvalue weighted by Crippen LogP contribution is 2.62. The van der Waals surface area contributed by atoms with Crippen molar-refractivity contribution in [2.24, 2.45) is 23.7 Å². The Labute approximate surface area is 522 Å². The zero-order valence-corrected chi connectivity index (χ0v) is 55.4. The fourth-order valence-corrected chi connectivity index (χ4v) is 15.9. The van der Waals surface area contributed by atoms with Crippen LogP contribution in [-0.4, -0.2) is 0 Å². The lowest BCUT2D eigenvalue weighted by Gasteiger charge is -2.39. The standard InChI is InChI=1S/C84H106N2/c1-13-21-25-63(17-5)55-83(56-64(18-6)26-22-14-2)79-51-67-50-78-76-48-46-74(86(71-41-33-61(11)34-42-71)72-43-35-62(12)36-44-72)54-82(76)84(57-65(19-7)27-23-15-3,58-66(20-8)28-24-16-4)80(78)52-68(67)49-77(79)75-47-45-73(53-81(75)83)85(69-37-29-59(9)30-38-69)70-39-31-60(10)32-40-70/h29-54,63-66H,13-28,55-58H2,1-12H3. The summed E-state index contributed by atoms with van der Waals surface area (Å²) in [7, 11) is 0. The van der Waals surface area contributed by atoms with Gasteiger partial charge in [-0.25, -0.2) is 0 Å². The highest BCUT2D eigenvalue weighted by molar-refractivity contribution is 6.00. The summed E-state index contributed by atoms with van der Waals surface area (Å²) in [4.78, 5) is 5.07. The van der Waals surface area contributed by atoms with E-state index in [1.54, 1.807) is 22.3 Å². The Hall–Kier alpha value is -6.38. The van der Waals surface area contributed by atoms with E-state index in [1.165, 1.54) is 218 Å². The zero-order chi connectivity index (χ0) is 60.5. The maximum Gasteiger partial charge on any atom is 0.0465 e. The molecule has 0 fully saturated rings. The number of rotatable bonds is 30. The van der Waals surface area contributed by atoms with Gasteiger partial charge in [-0.3, -0.25) is 0 Å². The molecule has 0 aliphatic heterocycles. The van der Waals surface area contributed by atoms with Gasteiger partial charge in [-0.05, 0) is 229 Å². The quantitative estimate of drug-likeness (QED) is 0.0443. The number of nitrogens with zero attached hydrogens (tertiary/aromatic N) is 2. The SMILES string of the molecule is CCCCC(CC)CC1(CC(CC)CCCC)c2cc(N(c3ccc(C)cc3)c3ccc(C)cc3)ccc2-c2cc3cc4c(cc3cc21)-c1ccc(N(c2ccc(C)cc2)c2ccc(C)cc2)cc1C4(CC(CC)CCCC)CC(CC)CCCC. The van der Waals surface area contributed by atoms with Gasteiger partial charge in [-0.2, -0.15) is 0 Å². The fraction of sp³-hybridized carbons (Fsp3) is 0.452. The molecular weight excluding hydrogens is 1040 g/mol. The summed E-state index contributed by atoms with van der Waals surface area (Å²) < 4.78 is 0. The molecule has 0 saturated heterocycles. The Balaban J connectivity index is 1.25. The lowest BCUT2D eigenvalue weighted by molar-refractivity contribution is 0.266. The van der Waals surface area contributed by atoms with Crippen LogP contribution >= 0.6 is 0 Å².